The third-order valence-electron chi connectivity index (χ3n) is 3.75. The molecule has 0 amide bonds. The second kappa shape index (κ2) is 7.12. The number of ether oxygens (including phenoxy) is 2. The summed E-state index contributed by atoms with van der Waals surface area (Å²) in [5.74, 6) is 0.682. The summed E-state index contributed by atoms with van der Waals surface area (Å²) in [6.07, 6.45) is 1.26. The molecule has 118 valence electrons. The van der Waals surface area contributed by atoms with Crippen LogP contribution in [0.3, 0.4) is 0 Å². The van der Waals surface area contributed by atoms with Gasteiger partial charge in [0.15, 0.2) is 11.5 Å². The van der Waals surface area contributed by atoms with Gasteiger partial charge in [0, 0.05) is 6.07 Å². The fourth-order valence-electron chi connectivity index (χ4n) is 2.10. The van der Waals surface area contributed by atoms with E-state index in [0.29, 0.717) is 24.3 Å². The molecule has 0 unspecified atom stereocenters. The Bertz CT molecular complexity index is 492. The Morgan fingerprint density at radius 1 is 1.24 bits per heavy atom. The SMILES string of the molecule is CCC(CC)(CO)Nc1cc(OC)c(OC)cc1[N+](=O)[O-]. The largest absolute Gasteiger partial charge is 0.493 e. The minimum Gasteiger partial charge on any atom is -0.493 e. The van der Waals surface area contributed by atoms with Crippen LogP contribution in [0.25, 0.3) is 0 Å². The lowest BCUT2D eigenvalue weighted by molar-refractivity contribution is -0.384. The Balaban J connectivity index is 3.36. The number of anilines is 1. The van der Waals surface area contributed by atoms with E-state index in [0.717, 1.165) is 0 Å². The molecule has 0 bridgehead atoms. The van der Waals surface area contributed by atoms with Gasteiger partial charge in [-0.3, -0.25) is 10.1 Å². The summed E-state index contributed by atoms with van der Waals surface area (Å²) in [4.78, 5) is 10.8. The highest BCUT2D eigenvalue weighted by molar-refractivity contribution is 5.69. The van der Waals surface area contributed by atoms with E-state index in [1.54, 1.807) is 0 Å². The van der Waals surface area contributed by atoms with Gasteiger partial charge in [0.05, 0.1) is 37.4 Å². The number of nitrogens with zero attached hydrogens (tertiary/aromatic N) is 1. The molecular weight excluding hydrogens is 276 g/mol. The van der Waals surface area contributed by atoms with Crippen molar-refractivity contribution in [3.63, 3.8) is 0 Å². The van der Waals surface area contributed by atoms with Crippen molar-refractivity contribution in [1.29, 1.82) is 0 Å². The Labute approximate surface area is 124 Å². The standard InChI is InChI=1S/C14H22N2O5/c1-5-14(6-2,9-17)15-10-7-12(20-3)13(21-4)8-11(10)16(18)19/h7-8,15,17H,5-6,9H2,1-4H3. The molecule has 21 heavy (non-hydrogen) atoms. The molecule has 1 aromatic rings. The maximum Gasteiger partial charge on any atom is 0.296 e. The number of nitro benzene ring substituents is 1. The monoisotopic (exact) mass is 298 g/mol. The van der Waals surface area contributed by atoms with Crippen molar-refractivity contribution in [2.45, 2.75) is 32.2 Å². The molecule has 0 aromatic heterocycles. The summed E-state index contributed by atoms with van der Waals surface area (Å²) in [6.45, 7) is 3.71. The van der Waals surface area contributed by atoms with Gasteiger partial charge >= 0.3 is 0 Å². The number of benzene rings is 1. The summed E-state index contributed by atoms with van der Waals surface area (Å²) in [6, 6.07) is 2.83. The molecule has 1 aromatic carbocycles. The number of aliphatic hydroxyl groups excluding tert-OH is 1. The van der Waals surface area contributed by atoms with Gasteiger partial charge in [-0.05, 0) is 12.8 Å². The van der Waals surface area contributed by atoms with Crippen molar-refractivity contribution in [2.75, 3.05) is 26.1 Å². The fraction of sp³-hybridized carbons (Fsp3) is 0.571. The number of hydrogen-bond acceptors (Lipinski definition) is 6. The van der Waals surface area contributed by atoms with Crippen LogP contribution in [0.5, 0.6) is 11.5 Å². The molecule has 0 saturated heterocycles. The zero-order valence-electron chi connectivity index (χ0n) is 12.8. The van der Waals surface area contributed by atoms with Gasteiger partial charge in [-0.25, -0.2) is 0 Å². The average Bonchev–Trinajstić information content (AvgIpc) is 2.51. The van der Waals surface area contributed by atoms with Crippen LogP contribution in [0.4, 0.5) is 11.4 Å². The molecule has 7 nitrogen and oxygen atoms in total. The molecular formula is C14H22N2O5. The van der Waals surface area contributed by atoms with E-state index >= 15 is 0 Å². The number of methoxy groups -OCH3 is 2. The molecule has 0 aliphatic rings. The normalized spacial score (nSPS) is 11.1. The van der Waals surface area contributed by atoms with Crippen LogP contribution in [0, 0.1) is 10.1 Å². The van der Waals surface area contributed by atoms with E-state index in [4.69, 9.17) is 9.47 Å². The Kier molecular flexibility index (Phi) is 5.78. The van der Waals surface area contributed by atoms with Gasteiger partial charge in [0.1, 0.15) is 5.69 Å². The van der Waals surface area contributed by atoms with Gasteiger partial charge in [0.2, 0.25) is 0 Å². The molecule has 7 heteroatoms. The second-order valence-corrected chi connectivity index (χ2v) is 4.75. The number of aliphatic hydroxyl groups is 1. The molecule has 0 fully saturated rings. The Morgan fingerprint density at radius 3 is 2.14 bits per heavy atom. The molecule has 1 rings (SSSR count). The zero-order chi connectivity index (χ0) is 16.0. The van der Waals surface area contributed by atoms with Crippen LogP contribution in [0.15, 0.2) is 12.1 Å². The van der Waals surface area contributed by atoms with E-state index in [-0.39, 0.29) is 18.0 Å². The third-order valence-corrected chi connectivity index (χ3v) is 3.75. The molecule has 0 aliphatic heterocycles. The van der Waals surface area contributed by atoms with Crippen LogP contribution in [0.1, 0.15) is 26.7 Å². The van der Waals surface area contributed by atoms with Crippen molar-refractivity contribution in [2.24, 2.45) is 0 Å². The topological polar surface area (TPSA) is 93.9 Å². The van der Waals surface area contributed by atoms with Crippen molar-refractivity contribution < 1.29 is 19.5 Å². The van der Waals surface area contributed by atoms with Crippen LogP contribution in [-0.2, 0) is 0 Å². The molecule has 0 heterocycles. The minimum atomic E-state index is -0.607. The lowest BCUT2D eigenvalue weighted by Crippen LogP contribution is -2.41. The van der Waals surface area contributed by atoms with E-state index in [2.05, 4.69) is 5.32 Å². The van der Waals surface area contributed by atoms with Crippen LogP contribution < -0.4 is 14.8 Å². The molecule has 0 radical (unpaired) electrons. The lowest BCUT2D eigenvalue weighted by atomic mass is 9.93. The number of nitrogens with one attached hydrogen (secondary N) is 1. The van der Waals surface area contributed by atoms with Crippen LogP contribution in [0.2, 0.25) is 0 Å². The number of rotatable bonds is 8. The predicted octanol–water partition coefficient (Wildman–Crippen LogP) is 2.58. The summed E-state index contributed by atoms with van der Waals surface area (Å²) in [5, 5.41) is 23.9. The van der Waals surface area contributed by atoms with Crippen LogP contribution >= 0.6 is 0 Å². The Morgan fingerprint density at radius 2 is 1.76 bits per heavy atom. The molecule has 0 spiro atoms. The highest BCUT2D eigenvalue weighted by atomic mass is 16.6. The first-order chi connectivity index (χ1) is 9.96. The summed E-state index contributed by atoms with van der Waals surface area (Å²) in [7, 11) is 2.89. The van der Waals surface area contributed by atoms with Crippen molar-refractivity contribution in [1.82, 2.24) is 0 Å². The van der Waals surface area contributed by atoms with Gasteiger partial charge in [-0.15, -0.1) is 0 Å². The van der Waals surface area contributed by atoms with E-state index in [9.17, 15) is 15.2 Å². The van der Waals surface area contributed by atoms with Crippen molar-refractivity contribution in [3.8, 4) is 11.5 Å². The van der Waals surface area contributed by atoms with Crippen molar-refractivity contribution >= 4 is 11.4 Å². The third kappa shape index (κ3) is 3.55. The summed E-state index contributed by atoms with van der Waals surface area (Å²) in [5.41, 5.74) is -0.424. The molecule has 0 atom stereocenters. The maximum absolute atomic E-state index is 11.2. The van der Waals surface area contributed by atoms with Gasteiger partial charge in [0.25, 0.3) is 5.69 Å². The highest BCUT2D eigenvalue weighted by Crippen LogP contribution is 2.39. The lowest BCUT2D eigenvalue weighted by Gasteiger charge is -2.31. The number of nitro groups is 1. The first kappa shape index (κ1) is 17.0. The summed E-state index contributed by atoms with van der Waals surface area (Å²) < 4.78 is 10.3. The van der Waals surface area contributed by atoms with E-state index in [1.165, 1.54) is 26.4 Å². The maximum atomic E-state index is 11.2. The average molecular weight is 298 g/mol. The van der Waals surface area contributed by atoms with E-state index < -0.39 is 10.5 Å². The second-order valence-electron chi connectivity index (χ2n) is 4.75. The van der Waals surface area contributed by atoms with Crippen LogP contribution in [-0.4, -0.2) is 36.4 Å². The molecule has 2 N–H and O–H groups in total. The van der Waals surface area contributed by atoms with Gasteiger partial charge in [-0.1, -0.05) is 13.8 Å². The predicted molar refractivity (Wildman–Crippen MR) is 80.2 cm³/mol. The van der Waals surface area contributed by atoms with Gasteiger partial charge < -0.3 is 19.9 Å². The molecule has 0 saturated carbocycles. The molecule has 0 aliphatic carbocycles. The highest BCUT2D eigenvalue weighted by Gasteiger charge is 2.29. The quantitative estimate of drug-likeness (QED) is 0.566. The van der Waals surface area contributed by atoms with Crippen molar-refractivity contribution in [3.05, 3.63) is 22.2 Å². The Hall–Kier alpha value is -2.02. The zero-order valence-corrected chi connectivity index (χ0v) is 12.8. The first-order valence-electron chi connectivity index (χ1n) is 6.76. The number of hydrogen-bond donors (Lipinski definition) is 2. The first-order valence-corrected chi connectivity index (χ1v) is 6.76. The smallest absolute Gasteiger partial charge is 0.296 e. The van der Waals surface area contributed by atoms with E-state index in [1.807, 2.05) is 13.8 Å². The summed E-state index contributed by atoms with van der Waals surface area (Å²) >= 11 is 0. The van der Waals surface area contributed by atoms with Gasteiger partial charge in [-0.2, -0.15) is 0 Å². The fourth-order valence-corrected chi connectivity index (χ4v) is 2.10. The minimum absolute atomic E-state index is 0.118.